The van der Waals surface area contributed by atoms with Crippen LogP contribution >= 0.6 is 0 Å². The van der Waals surface area contributed by atoms with E-state index in [1.807, 2.05) is 13.8 Å². The molecule has 20 heavy (non-hydrogen) atoms. The molecule has 8 nitrogen and oxygen atoms in total. The van der Waals surface area contributed by atoms with Gasteiger partial charge < -0.3 is 16.4 Å². The van der Waals surface area contributed by atoms with E-state index in [1.165, 1.54) is 0 Å². The van der Waals surface area contributed by atoms with E-state index in [1.54, 1.807) is 18.2 Å². The molecule has 0 spiro atoms. The molecule has 1 amide bonds. The minimum Gasteiger partial charge on any atom is -0.397 e. The number of carbonyl (C=O) groups excluding carboxylic acids is 1. The Balaban J connectivity index is 2.18. The highest BCUT2D eigenvalue weighted by molar-refractivity contribution is 5.96. The Morgan fingerprint density at radius 1 is 1.50 bits per heavy atom. The van der Waals surface area contributed by atoms with Crippen molar-refractivity contribution in [1.29, 1.82) is 0 Å². The number of aromatic nitrogens is 4. The van der Waals surface area contributed by atoms with Gasteiger partial charge in [0.15, 0.2) is 5.82 Å². The Bertz CT molecular complexity index is 581. The quantitative estimate of drug-likeness (QED) is 0.596. The predicted molar refractivity (Wildman–Crippen MR) is 75.1 cm³/mol. The molecule has 0 aliphatic heterocycles. The number of nitrogens with one attached hydrogen (secondary N) is 3. The van der Waals surface area contributed by atoms with Crippen LogP contribution in [-0.2, 0) is 0 Å². The number of nitrogens with zero attached hydrogens (tertiary/aromatic N) is 3. The zero-order chi connectivity index (χ0) is 14.5. The zero-order valence-electron chi connectivity index (χ0n) is 11.3. The van der Waals surface area contributed by atoms with Gasteiger partial charge in [0.2, 0.25) is 0 Å². The van der Waals surface area contributed by atoms with Crippen molar-refractivity contribution >= 4 is 17.3 Å². The Kier molecular flexibility index (Phi) is 4.14. The summed E-state index contributed by atoms with van der Waals surface area (Å²) in [4.78, 5) is 11.8. The van der Waals surface area contributed by atoms with Crippen LogP contribution in [-0.4, -0.2) is 33.1 Å². The summed E-state index contributed by atoms with van der Waals surface area (Å²) in [6.45, 7) is 4.32. The summed E-state index contributed by atoms with van der Waals surface area (Å²) in [7, 11) is 0. The lowest BCUT2D eigenvalue weighted by Gasteiger charge is -2.14. The second-order valence-electron chi connectivity index (χ2n) is 4.30. The van der Waals surface area contributed by atoms with Crippen LogP contribution in [0.25, 0.3) is 0 Å². The first kappa shape index (κ1) is 13.8. The normalized spacial score (nSPS) is 11.9. The fraction of sp³-hybridized carbons (Fsp3) is 0.333. The highest BCUT2D eigenvalue weighted by Gasteiger charge is 2.13. The molecule has 0 fully saturated rings. The Hall–Kier alpha value is -2.64. The minimum atomic E-state index is -0.180. The first-order valence-electron chi connectivity index (χ1n) is 6.29. The molecule has 1 atom stereocenters. The molecule has 8 heteroatoms. The second-order valence-corrected chi connectivity index (χ2v) is 4.30. The topological polar surface area (TPSA) is 122 Å². The Labute approximate surface area is 116 Å². The second kappa shape index (κ2) is 6.00. The summed E-state index contributed by atoms with van der Waals surface area (Å²) in [5, 5.41) is 19.6. The third kappa shape index (κ3) is 3.02. The van der Waals surface area contributed by atoms with Crippen LogP contribution in [0, 0.1) is 0 Å². The molecule has 1 unspecified atom stereocenters. The molecule has 5 N–H and O–H groups in total. The van der Waals surface area contributed by atoms with Crippen molar-refractivity contribution in [2.24, 2.45) is 0 Å². The fourth-order valence-electron chi connectivity index (χ4n) is 1.74. The van der Waals surface area contributed by atoms with Crippen LogP contribution in [0.2, 0.25) is 0 Å². The third-order valence-corrected chi connectivity index (χ3v) is 2.77. The van der Waals surface area contributed by atoms with Gasteiger partial charge in [-0.3, -0.25) is 4.79 Å². The van der Waals surface area contributed by atoms with Gasteiger partial charge in [-0.2, -0.15) is 5.21 Å². The van der Waals surface area contributed by atoms with Crippen molar-refractivity contribution in [3.05, 3.63) is 29.6 Å². The van der Waals surface area contributed by atoms with E-state index in [4.69, 9.17) is 5.73 Å². The first-order chi connectivity index (χ1) is 9.61. The van der Waals surface area contributed by atoms with Crippen molar-refractivity contribution in [2.75, 3.05) is 17.6 Å². The molecular formula is C12H17N7O. The zero-order valence-corrected chi connectivity index (χ0v) is 11.3. The first-order valence-corrected chi connectivity index (χ1v) is 6.29. The number of hydrogen-bond acceptors (Lipinski definition) is 6. The third-order valence-electron chi connectivity index (χ3n) is 2.77. The van der Waals surface area contributed by atoms with E-state index in [2.05, 4.69) is 31.3 Å². The molecule has 1 aromatic carbocycles. The van der Waals surface area contributed by atoms with Crippen LogP contribution in [0.1, 0.15) is 36.1 Å². The maximum atomic E-state index is 11.8. The fourth-order valence-corrected chi connectivity index (χ4v) is 1.74. The number of rotatable bonds is 5. The predicted octanol–water partition coefficient (Wildman–Crippen LogP) is 0.705. The smallest absolute Gasteiger partial charge is 0.251 e. The number of nitrogen functional groups attached to an aromatic ring is 1. The summed E-state index contributed by atoms with van der Waals surface area (Å²) in [5.74, 6) is 0.385. The monoisotopic (exact) mass is 275 g/mol. The van der Waals surface area contributed by atoms with Crippen molar-refractivity contribution in [3.8, 4) is 0 Å². The number of amides is 1. The van der Waals surface area contributed by atoms with Crippen molar-refractivity contribution < 1.29 is 4.79 Å². The molecule has 1 heterocycles. The molecule has 106 valence electrons. The number of benzene rings is 1. The van der Waals surface area contributed by atoms with Crippen LogP contribution in [0.15, 0.2) is 18.2 Å². The van der Waals surface area contributed by atoms with Gasteiger partial charge >= 0.3 is 0 Å². The maximum absolute atomic E-state index is 11.8. The molecule has 1 aromatic heterocycles. The number of hydrogen-bond donors (Lipinski definition) is 4. The van der Waals surface area contributed by atoms with Crippen molar-refractivity contribution in [1.82, 2.24) is 25.9 Å². The molecule has 0 aliphatic rings. The van der Waals surface area contributed by atoms with Gasteiger partial charge in [-0.25, -0.2) is 0 Å². The van der Waals surface area contributed by atoms with Gasteiger partial charge in [0, 0.05) is 12.1 Å². The summed E-state index contributed by atoms with van der Waals surface area (Å²) in [6, 6.07) is 4.90. The average Bonchev–Trinajstić information content (AvgIpc) is 2.95. The van der Waals surface area contributed by atoms with E-state index in [0.717, 1.165) is 0 Å². The summed E-state index contributed by atoms with van der Waals surface area (Å²) < 4.78 is 0. The van der Waals surface area contributed by atoms with Gasteiger partial charge in [-0.15, -0.1) is 10.2 Å². The van der Waals surface area contributed by atoms with Crippen LogP contribution in [0.4, 0.5) is 11.4 Å². The van der Waals surface area contributed by atoms with Gasteiger partial charge in [0.05, 0.1) is 17.4 Å². The SMILES string of the molecule is CCNC(=O)c1ccc(N)c(NC(C)c2nn[nH]n2)c1. The molecule has 0 saturated heterocycles. The molecule has 0 aliphatic carbocycles. The van der Waals surface area contributed by atoms with Gasteiger partial charge in [0.25, 0.3) is 5.91 Å². The molecule has 2 rings (SSSR count). The lowest BCUT2D eigenvalue weighted by Crippen LogP contribution is -2.23. The van der Waals surface area contributed by atoms with Gasteiger partial charge in [-0.05, 0) is 32.0 Å². The number of H-pyrrole nitrogens is 1. The Morgan fingerprint density at radius 3 is 2.95 bits per heavy atom. The minimum absolute atomic E-state index is 0.136. The number of carbonyl (C=O) groups is 1. The highest BCUT2D eigenvalue weighted by Crippen LogP contribution is 2.24. The van der Waals surface area contributed by atoms with Crippen molar-refractivity contribution in [2.45, 2.75) is 19.9 Å². The number of nitrogens with two attached hydrogens (primary N) is 1. The molecule has 0 radical (unpaired) electrons. The summed E-state index contributed by atoms with van der Waals surface area (Å²) >= 11 is 0. The highest BCUT2D eigenvalue weighted by atomic mass is 16.1. The van der Waals surface area contributed by atoms with E-state index in [9.17, 15) is 4.79 Å². The number of tetrazole rings is 1. The Morgan fingerprint density at radius 2 is 2.30 bits per heavy atom. The maximum Gasteiger partial charge on any atom is 0.251 e. The van der Waals surface area contributed by atoms with Crippen molar-refractivity contribution in [3.63, 3.8) is 0 Å². The van der Waals surface area contributed by atoms with Gasteiger partial charge in [-0.1, -0.05) is 5.21 Å². The van der Waals surface area contributed by atoms with Crippen LogP contribution in [0.3, 0.4) is 0 Å². The van der Waals surface area contributed by atoms with Crippen LogP contribution in [0.5, 0.6) is 0 Å². The summed E-state index contributed by atoms with van der Waals surface area (Å²) in [5.41, 5.74) is 7.66. The van der Waals surface area contributed by atoms with Gasteiger partial charge in [0.1, 0.15) is 0 Å². The molecule has 0 saturated carbocycles. The van der Waals surface area contributed by atoms with E-state index >= 15 is 0 Å². The lowest BCUT2D eigenvalue weighted by molar-refractivity contribution is 0.0956. The van der Waals surface area contributed by atoms with Crippen LogP contribution < -0.4 is 16.4 Å². The lowest BCUT2D eigenvalue weighted by atomic mass is 10.1. The molecular weight excluding hydrogens is 258 g/mol. The van der Waals surface area contributed by atoms with E-state index in [0.29, 0.717) is 29.3 Å². The standard InChI is InChI=1S/C12H17N7O/c1-3-14-12(20)8-4-5-9(13)10(6-8)15-7(2)11-16-18-19-17-11/h4-7,15H,3,13H2,1-2H3,(H,14,20)(H,16,17,18,19). The number of anilines is 2. The average molecular weight is 275 g/mol. The molecule has 0 bridgehead atoms. The van der Waals surface area contributed by atoms with E-state index < -0.39 is 0 Å². The summed E-state index contributed by atoms with van der Waals surface area (Å²) in [6.07, 6.45) is 0. The molecule has 2 aromatic rings. The number of aromatic amines is 1. The largest absolute Gasteiger partial charge is 0.397 e. The van der Waals surface area contributed by atoms with E-state index in [-0.39, 0.29) is 11.9 Å².